The molecule has 0 aliphatic carbocycles. The number of hydrogen-bond donors (Lipinski definition) is 2. The quantitative estimate of drug-likeness (QED) is 0.446. The van der Waals surface area contributed by atoms with Gasteiger partial charge in [0.25, 0.3) is 0 Å². The molecule has 2 saturated heterocycles. The molecular formula is C25H33Cl2N7O2S. The van der Waals surface area contributed by atoms with Crippen molar-refractivity contribution in [3.8, 4) is 11.1 Å². The van der Waals surface area contributed by atoms with E-state index in [0.29, 0.717) is 17.2 Å². The Balaban J connectivity index is 1.43. The minimum absolute atomic E-state index is 0.00273. The fourth-order valence-electron chi connectivity index (χ4n) is 5.36. The van der Waals surface area contributed by atoms with Crippen LogP contribution in [0.4, 0.5) is 11.8 Å². The highest BCUT2D eigenvalue weighted by molar-refractivity contribution is 7.90. The number of fused-ring (bicyclic) bond motifs is 1. The summed E-state index contributed by atoms with van der Waals surface area (Å²) in [4.78, 5) is 16.1. The van der Waals surface area contributed by atoms with E-state index in [1.54, 1.807) is 12.4 Å². The molecule has 3 atom stereocenters. The molecule has 0 bridgehead atoms. The minimum atomic E-state index is -1.16. The average molecular weight is 567 g/mol. The molecular weight excluding hydrogens is 533 g/mol. The molecule has 0 amide bonds. The summed E-state index contributed by atoms with van der Waals surface area (Å²) in [6.45, 7) is 12.2. The highest BCUT2D eigenvalue weighted by atomic mass is 35.5. The smallest absolute Gasteiger partial charge is 0.211 e. The summed E-state index contributed by atoms with van der Waals surface area (Å²) in [5, 5.41) is 0.551. The Hall–Kier alpha value is -1.82. The Kier molecular flexibility index (Phi) is 7.04. The van der Waals surface area contributed by atoms with E-state index in [0.717, 1.165) is 48.8 Å². The van der Waals surface area contributed by atoms with E-state index < -0.39 is 11.4 Å². The van der Waals surface area contributed by atoms with Crippen LogP contribution < -0.4 is 15.4 Å². The molecule has 2 fully saturated rings. The molecule has 0 aromatic carbocycles. The number of nitrogens with zero attached hydrogens (tertiary/aromatic N) is 5. The number of piperidine rings is 1. The Bertz CT molecular complexity index is 1320. The molecule has 3 aromatic heterocycles. The van der Waals surface area contributed by atoms with Crippen LogP contribution in [-0.4, -0.2) is 60.5 Å². The number of halogens is 2. The lowest BCUT2D eigenvalue weighted by Crippen LogP contribution is -2.56. The number of nitrogens with one attached hydrogen (secondary N) is 1. The molecule has 37 heavy (non-hydrogen) atoms. The van der Waals surface area contributed by atoms with Crippen LogP contribution in [0.1, 0.15) is 46.2 Å². The van der Waals surface area contributed by atoms with E-state index in [2.05, 4.69) is 26.5 Å². The molecule has 200 valence electrons. The average Bonchev–Trinajstić information content (AvgIpc) is 3.44. The summed E-state index contributed by atoms with van der Waals surface area (Å²) in [6, 6.07) is 0.0324. The maximum absolute atomic E-state index is 12.9. The number of aromatic nitrogens is 4. The molecule has 3 N–H and O–H groups in total. The zero-order chi connectivity index (χ0) is 26.7. The van der Waals surface area contributed by atoms with Crippen molar-refractivity contribution in [1.82, 2.24) is 24.1 Å². The van der Waals surface area contributed by atoms with Gasteiger partial charge in [-0.1, -0.05) is 23.2 Å². The van der Waals surface area contributed by atoms with E-state index in [1.807, 2.05) is 38.3 Å². The molecule has 9 nitrogen and oxygen atoms in total. The van der Waals surface area contributed by atoms with Crippen LogP contribution in [-0.2, 0) is 16.1 Å². The molecule has 5 rings (SSSR count). The van der Waals surface area contributed by atoms with Crippen LogP contribution in [0.5, 0.6) is 0 Å². The minimum Gasteiger partial charge on any atom is -0.598 e. The lowest BCUT2D eigenvalue weighted by atomic mass is 9.73. The van der Waals surface area contributed by atoms with Gasteiger partial charge in [-0.3, -0.25) is 4.40 Å². The van der Waals surface area contributed by atoms with Gasteiger partial charge in [-0.2, -0.15) is 0 Å². The third kappa shape index (κ3) is 4.66. The highest BCUT2D eigenvalue weighted by Crippen LogP contribution is 2.44. The first-order valence-corrected chi connectivity index (χ1v) is 14.3. The van der Waals surface area contributed by atoms with E-state index in [4.69, 9.17) is 38.7 Å². The number of aryl methyl sites for hydroxylation is 1. The van der Waals surface area contributed by atoms with Crippen molar-refractivity contribution in [3.05, 3.63) is 34.3 Å². The van der Waals surface area contributed by atoms with Crippen molar-refractivity contribution in [2.75, 3.05) is 30.3 Å². The van der Waals surface area contributed by atoms with Crippen LogP contribution in [0.25, 0.3) is 16.8 Å². The summed E-state index contributed by atoms with van der Waals surface area (Å²) in [7, 11) is 0. The van der Waals surface area contributed by atoms with Crippen molar-refractivity contribution in [3.63, 3.8) is 0 Å². The van der Waals surface area contributed by atoms with Gasteiger partial charge in [0.15, 0.2) is 0 Å². The summed E-state index contributed by atoms with van der Waals surface area (Å²) >= 11 is 11.7. The standard InChI is InChI=1S/C25H33Cl2N7O2S/c1-14-17(16-12-30-21(28)19(27)18(16)26)22-29-8-11-34(22)23(31-14)33-9-6-25(7-10-33)13-36-15(2)20(25)32-37(35)24(3,4)5/h8,11-12,15,20,32H,6-7,9-10,13H2,1-5H3,(H2,28,30)/t15-,20+,37?/m0/s1. The lowest BCUT2D eigenvalue weighted by molar-refractivity contribution is 0.0972. The van der Waals surface area contributed by atoms with Crippen molar-refractivity contribution >= 4 is 52.0 Å². The van der Waals surface area contributed by atoms with Gasteiger partial charge >= 0.3 is 0 Å². The Labute approximate surface area is 230 Å². The van der Waals surface area contributed by atoms with Gasteiger partial charge in [0.2, 0.25) is 5.95 Å². The van der Waals surface area contributed by atoms with Gasteiger partial charge in [-0.25, -0.2) is 15.0 Å². The van der Waals surface area contributed by atoms with Gasteiger partial charge in [-0.15, -0.1) is 4.72 Å². The largest absolute Gasteiger partial charge is 0.598 e. The molecule has 0 radical (unpaired) electrons. The number of hydrogen-bond acceptors (Lipinski definition) is 8. The predicted octanol–water partition coefficient (Wildman–Crippen LogP) is 4.41. The number of ether oxygens (including phenoxy) is 1. The molecule has 0 saturated carbocycles. The second-order valence-electron chi connectivity index (χ2n) is 11.0. The van der Waals surface area contributed by atoms with Crippen molar-refractivity contribution < 1.29 is 9.29 Å². The van der Waals surface area contributed by atoms with E-state index >= 15 is 0 Å². The maximum Gasteiger partial charge on any atom is 0.211 e. The first-order valence-electron chi connectivity index (χ1n) is 12.4. The topological polar surface area (TPSA) is 117 Å². The molecule has 12 heteroatoms. The molecule has 1 spiro atoms. The Morgan fingerprint density at radius 1 is 1.22 bits per heavy atom. The van der Waals surface area contributed by atoms with Crippen LogP contribution in [0, 0.1) is 12.3 Å². The normalized spacial score (nSPS) is 22.8. The van der Waals surface area contributed by atoms with Crippen molar-refractivity contribution in [2.45, 2.75) is 64.4 Å². The second kappa shape index (κ2) is 9.73. The number of nitrogen functional groups attached to an aromatic ring is 1. The van der Waals surface area contributed by atoms with Crippen LogP contribution in [0.15, 0.2) is 18.6 Å². The number of imidazole rings is 1. The van der Waals surface area contributed by atoms with E-state index in [1.165, 1.54) is 0 Å². The van der Waals surface area contributed by atoms with Crippen LogP contribution in [0.3, 0.4) is 0 Å². The predicted molar refractivity (Wildman–Crippen MR) is 150 cm³/mol. The number of anilines is 2. The Morgan fingerprint density at radius 2 is 1.92 bits per heavy atom. The number of pyridine rings is 1. The highest BCUT2D eigenvalue weighted by Gasteiger charge is 2.52. The number of nitrogens with two attached hydrogens (primary N) is 1. The molecule has 2 aliphatic rings. The zero-order valence-corrected chi connectivity index (χ0v) is 24.0. The van der Waals surface area contributed by atoms with Crippen LogP contribution in [0.2, 0.25) is 10.0 Å². The summed E-state index contributed by atoms with van der Waals surface area (Å²) in [5.74, 6) is 1.01. The van der Waals surface area contributed by atoms with Gasteiger partial charge < -0.3 is 19.9 Å². The molecule has 1 unspecified atom stereocenters. The molecule has 3 aromatic rings. The fraction of sp³-hybridized carbons (Fsp3) is 0.560. The summed E-state index contributed by atoms with van der Waals surface area (Å²) in [5.41, 5.74) is 8.68. The zero-order valence-electron chi connectivity index (χ0n) is 21.7. The van der Waals surface area contributed by atoms with Crippen molar-refractivity contribution in [2.24, 2.45) is 5.41 Å². The summed E-state index contributed by atoms with van der Waals surface area (Å²) < 4.78 is 24.1. The van der Waals surface area contributed by atoms with Gasteiger partial charge in [-0.05, 0) is 47.5 Å². The second-order valence-corrected chi connectivity index (χ2v) is 13.8. The van der Waals surface area contributed by atoms with E-state index in [9.17, 15) is 4.55 Å². The first-order chi connectivity index (χ1) is 17.4. The third-order valence-corrected chi connectivity index (χ3v) is 10.0. The number of rotatable bonds is 4. The fourth-order valence-corrected chi connectivity index (χ4v) is 6.78. The Morgan fingerprint density at radius 3 is 2.59 bits per heavy atom. The SMILES string of the molecule is Cc1nc(N2CCC3(CC2)CO[C@@H](C)[C@H]3N[S+]([O-])C(C)(C)C)n2ccnc2c1-c1cnc(N)c(Cl)c1Cl. The monoisotopic (exact) mass is 565 g/mol. The van der Waals surface area contributed by atoms with Crippen LogP contribution >= 0.6 is 23.2 Å². The maximum atomic E-state index is 12.9. The summed E-state index contributed by atoms with van der Waals surface area (Å²) in [6.07, 6.45) is 7.08. The van der Waals surface area contributed by atoms with Gasteiger partial charge in [0.1, 0.15) is 21.2 Å². The first kappa shape index (κ1) is 26.8. The molecule has 2 aliphatic heterocycles. The lowest BCUT2D eigenvalue weighted by Gasteiger charge is -2.43. The van der Waals surface area contributed by atoms with Gasteiger partial charge in [0, 0.05) is 59.6 Å². The molecule has 5 heterocycles. The van der Waals surface area contributed by atoms with E-state index in [-0.39, 0.29) is 33.1 Å². The third-order valence-electron chi connectivity index (χ3n) is 7.56. The van der Waals surface area contributed by atoms with Gasteiger partial charge in [0.05, 0.1) is 29.5 Å². The van der Waals surface area contributed by atoms with Crippen molar-refractivity contribution in [1.29, 1.82) is 0 Å².